The summed E-state index contributed by atoms with van der Waals surface area (Å²) < 4.78 is 52.5. The Balaban J connectivity index is 0.000000163. The molecule has 0 radical (unpaired) electrons. The number of β-amino-alcohol motifs (C(OH)–C–C–N with tert-alkyl or cyclic N) is 1. The Hall–Kier alpha value is -6.06. The number of nitrogens with zero attached hydrogens (tertiary/aromatic N) is 9. The number of carbonyl (C=O) groups excluding carboxylic acids is 3. The van der Waals surface area contributed by atoms with Crippen molar-refractivity contribution in [3.05, 3.63) is 96.6 Å². The number of aliphatic hydroxyl groups is 1. The Morgan fingerprint density at radius 1 is 0.627 bits per heavy atom. The van der Waals surface area contributed by atoms with Gasteiger partial charge in [0.15, 0.2) is 0 Å². The van der Waals surface area contributed by atoms with E-state index in [1.807, 2.05) is 49.0 Å². The molecule has 6 aromatic heterocycles. The van der Waals surface area contributed by atoms with Crippen molar-refractivity contribution in [2.45, 2.75) is 109 Å². The Kier molecular flexibility index (Phi) is 23.4. The van der Waals surface area contributed by atoms with Gasteiger partial charge in [0.1, 0.15) is 71.9 Å². The summed E-state index contributed by atoms with van der Waals surface area (Å²) in [6.45, 7) is 10.7. The number of rotatable bonds is 9. The topological polar surface area (TPSA) is 243 Å². The minimum absolute atomic E-state index is 0.0585. The molecule has 0 aromatic carbocycles. The van der Waals surface area contributed by atoms with Gasteiger partial charge in [-0.3, -0.25) is 0 Å². The molecule has 11 rings (SSSR count). The van der Waals surface area contributed by atoms with E-state index in [2.05, 4.69) is 57.7 Å². The SMILES string of the molecule is CC1=CCC(N)CC1.COC(=O)N1CC(O)C1.COC(=O)N1CC(Oc2cc(Cl)nc(-c3nc(C)cs3)c2)C1.COC(=O)N1CC(Oc2cc(NC3CCC(F)(F)CC3)nc(-c3nc(C)cs3)c2)C1.Cc1csc(-c2cc(Cl)cc(Cl)n2)n1. The number of aryl methyl sites for hydroxylation is 3. The van der Waals surface area contributed by atoms with Gasteiger partial charge in [-0.2, -0.15) is 0 Å². The summed E-state index contributed by atoms with van der Waals surface area (Å²) >= 11 is 22.2. The lowest BCUT2D eigenvalue weighted by atomic mass is 9.92. The zero-order chi connectivity index (χ0) is 60.0. The van der Waals surface area contributed by atoms with Gasteiger partial charge < -0.3 is 54.5 Å². The van der Waals surface area contributed by atoms with Crippen molar-refractivity contribution >= 4 is 92.9 Å². The molecule has 1 atom stereocenters. The predicted molar refractivity (Wildman–Crippen MR) is 318 cm³/mol. The van der Waals surface area contributed by atoms with Crippen LogP contribution in [0.5, 0.6) is 11.5 Å². The van der Waals surface area contributed by atoms with Gasteiger partial charge in [-0.15, -0.1) is 34.0 Å². The number of alkyl halides is 2. The number of ether oxygens (including phenoxy) is 5. The fourth-order valence-electron chi connectivity index (χ4n) is 8.48. The highest BCUT2D eigenvalue weighted by atomic mass is 35.5. The van der Waals surface area contributed by atoms with Gasteiger partial charge in [0.2, 0.25) is 5.92 Å². The third kappa shape index (κ3) is 19.8. The third-order valence-corrected chi connectivity index (χ3v) is 16.6. The Morgan fingerprint density at radius 3 is 1.46 bits per heavy atom. The molecule has 4 fully saturated rings. The van der Waals surface area contributed by atoms with Crippen molar-refractivity contribution in [1.29, 1.82) is 0 Å². The van der Waals surface area contributed by atoms with E-state index in [9.17, 15) is 23.2 Å². The van der Waals surface area contributed by atoms with E-state index in [-0.39, 0.29) is 55.5 Å². The molecule has 0 bridgehead atoms. The van der Waals surface area contributed by atoms with Crippen LogP contribution in [0.15, 0.2) is 64.2 Å². The van der Waals surface area contributed by atoms with Crippen LogP contribution in [0, 0.1) is 20.8 Å². The first kappa shape index (κ1) is 64.5. The number of hydrogen-bond donors (Lipinski definition) is 3. The molecule has 2 aliphatic carbocycles. The average molecular weight is 1270 g/mol. The number of pyridine rings is 3. The molecule has 3 amide bonds. The molecule has 3 aliphatic heterocycles. The minimum atomic E-state index is -2.57. The number of nitrogens with two attached hydrogens (primary N) is 1. The molecule has 1 saturated carbocycles. The van der Waals surface area contributed by atoms with Gasteiger partial charge in [-0.25, -0.2) is 53.1 Å². The van der Waals surface area contributed by atoms with Gasteiger partial charge in [0.25, 0.3) is 0 Å². The Labute approximate surface area is 507 Å². The van der Waals surface area contributed by atoms with Crippen LogP contribution in [-0.4, -0.2) is 165 Å². The second-order valence-corrected chi connectivity index (χ2v) is 23.9. The monoisotopic (exact) mass is 1260 g/mol. The van der Waals surface area contributed by atoms with Crippen LogP contribution in [0.2, 0.25) is 15.3 Å². The molecule has 28 heteroatoms. The number of nitrogens with one attached hydrogen (secondary N) is 1. The lowest BCUT2D eigenvalue weighted by molar-refractivity contribution is -0.0361. The van der Waals surface area contributed by atoms with E-state index in [1.165, 1.54) is 78.7 Å². The average Bonchev–Trinajstić information content (AvgIpc) is 4.38. The molecule has 4 N–H and O–H groups in total. The number of hydrogen-bond acceptors (Lipinski definition) is 20. The van der Waals surface area contributed by atoms with Crippen LogP contribution < -0.4 is 20.5 Å². The summed E-state index contributed by atoms with van der Waals surface area (Å²) in [6, 6.07) is 10.8. The molecule has 0 spiro atoms. The molecule has 5 aliphatic rings. The first-order valence-corrected chi connectivity index (χ1v) is 30.2. The number of amides is 3. The highest BCUT2D eigenvalue weighted by Crippen LogP contribution is 2.36. The maximum absolute atomic E-state index is 13.5. The normalized spacial score (nSPS) is 17.5. The number of methoxy groups -OCH3 is 3. The van der Waals surface area contributed by atoms with E-state index >= 15 is 0 Å². The second-order valence-electron chi connectivity index (χ2n) is 20.1. The number of allylic oxidation sites excluding steroid dienone is 1. The Morgan fingerprint density at radius 2 is 1.06 bits per heavy atom. The zero-order valence-corrected chi connectivity index (χ0v) is 51.5. The van der Waals surface area contributed by atoms with Crippen molar-refractivity contribution in [3.63, 3.8) is 0 Å². The molecule has 448 valence electrons. The smallest absolute Gasteiger partial charge is 0.409 e. The van der Waals surface area contributed by atoms with Gasteiger partial charge in [0, 0.05) is 87.4 Å². The van der Waals surface area contributed by atoms with Gasteiger partial charge in [0.05, 0.1) is 66.7 Å². The molecule has 3 saturated heterocycles. The Bertz CT molecular complexity index is 3150. The van der Waals surface area contributed by atoms with Crippen LogP contribution in [0.1, 0.15) is 69.0 Å². The van der Waals surface area contributed by atoms with E-state index < -0.39 is 5.92 Å². The molecule has 6 aromatic rings. The minimum Gasteiger partial charge on any atom is -0.487 e. The standard InChI is InChI=1S/C20H24F2N4O3S.C14H14ClN3O3S.C9H6Cl2N2S.C7H13N.C5H9NO3/c1-12-11-30-18(23-12)16-7-14(29-15-9-26(10-15)19(27)28-2)8-17(25-16)24-13-3-5-20(21,22)6-4-13;1-8-7-22-13(16-8)11-3-9(4-12(15)17-11)21-10-5-18(6-10)14(19)20-2;1-5-4-14-9(12-5)7-2-6(10)3-8(11)13-7;1-6-2-4-7(8)5-3-6;1-9-5(8)6-2-4(7)3-6/h7-8,11,13,15H,3-6,9-10H2,1-2H3,(H,24,25);3-4,7,10H,5-6H2,1-2H3;2-4H,1H3;2,7H,3-5,8H2,1H3;4,7H,2-3H2,1H3. The fourth-order valence-corrected chi connectivity index (χ4v) is 11.4. The molecule has 20 nitrogen and oxygen atoms in total. The number of likely N-dealkylation sites (tertiary alicyclic amines) is 3. The number of thiazole rings is 3. The zero-order valence-electron chi connectivity index (χ0n) is 46.8. The highest BCUT2D eigenvalue weighted by molar-refractivity contribution is 7.13. The summed E-state index contributed by atoms with van der Waals surface area (Å²) in [6.07, 6.45) is 4.64. The van der Waals surface area contributed by atoms with Crippen LogP contribution in [0.3, 0.4) is 0 Å². The molecule has 1 unspecified atom stereocenters. The third-order valence-electron chi connectivity index (χ3n) is 13.0. The van der Waals surface area contributed by atoms with Crippen LogP contribution >= 0.6 is 68.8 Å². The van der Waals surface area contributed by atoms with Crippen LogP contribution in [0.4, 0.5) is 29.0 Å². The summed E-state index contributed by atoms with van der Waals surface area (Å²) in [5.41, 5.74) is 12.1. The van der Waals surface area contributed by atoms with Gasteiger partial charge in [-0.05, 0) is 71.9 Å². The van der Waals surface area contributed by atoms with Crippen molar-refractivity contribution < 1.29 is 52.0 Å². The van der Waals surface area contributed by atoms with Crippen LogP contribution in [-0.2, 0) is 14.2 Å². The fraction of sp³-hybridized carbons (Fsp3) is 0.473. The van der Waals surface area contributed by atoms with Crippen molar-refractivity contribution in [2.75, 3.05) is 65.9 Å². The van der Waals surface area contributed by atoms with Crippen molar-refractivity contribution in [2.24, 2.45) is 5.73 Å². The lowest BCUT2D eigenvalue weighted by Crippen LogP contribution is -2.56. The summed E-state index contributed by atoms with van der Waals surface area (Å²) in [7, 11) is 4.04. The van der Waals surface area contributed by atoms with Gasteiger partial charge >= 0.3 is 18.3 Å². The van der Waals surface area contributed by atoms with E-state index in [4.69, 9.17) is 59.9 Å². The first-order valence-electron chi connectivity index (χ1n) is 26.4. The summed E-state index contributed by atoms with van der Waals surface area (Å²) in [5, 5.41) is 21.6. The van der Waals surface area contributed by atoms with Crippen molar-refractivity contribution in [1.82, 2.24) is 44.6 Å². The lowest BCUT2D eigenvalue weighted by Gasteiger charge is -2.37. The van der Waals surface area contributed by atoms with E-state index in [0.29, 0.717) is 102 Å². The number of aromatic nitrogens is 6. The van der Waals surface area contributed by atoms with E-state index in [0.717, 1.165) is 44.2 Å². The quantitative estimate of drug-likeness (QED) is 0.0692. The van der Waals surface area contributed by atoms with Gasteiger partial charge in [-0.1, -0.05) is 46.5 Å². The number of anilines is 1. The summed E-state index contributed by atoms with van der Waals surface area (Å²) in [5.74, 6) is -0.770. The maximum Gasteiger partial charge on any atom is 0.409 e. The molecular formula is C55H66Cl3F2N11O9S3. The first-order chi connectivity index (χ1) is 39.5. The van der Waals surface area contributed by atoms with Crippen LogP contribution in [0.25, 0.3) is 32.1 Å². The second kappa shape index (κ2) is 30.1. The number of carbonyl (C=O) groups is 3. The molecule has 83 heavy (non-hydrogen) atoms. The largest absolute Gasteiger partial charge is 0.487 e. The number of aliphatic hydroxyl groups excluding tert-OH is 1. The molecular weight excluding hydrogens is 1200 g/mol. The van der Waals surface area contributed by atoms with Crippen molar-refractivity contribution in [3.8, 4) is 43.6 Å². The predicted octanol–water partition coefficient (Wildman–Crippen LogP) is 12.0. The van der Waals surface area contributed by atoms with E-state index in [1.54, 1.807) is 34.1 Å². The number of halogens is 5. The highest BCUT2D eigenvalue weighted by Gasteiger charge is 2.37. The molecule has 9 heterocycles. The maximum atomic E-state index is 13.5. The summed E-state index contributed by atoms with van der Waals surface area (Å²) in [4.78, 5) is 64.2.